The molecule has 1 aliphatic rings. The zero-order valence-corrected chi connectivity index (χ0v) is 17.6. The van der Waals surface area contributed by atoms with Crippen molar-refractivity contribution in [1.82, 2.24) is 10.9 Å². The third-order valence-corrected chi connectivity index (χ3v) is 6.11. The second-order valence-corrected chi connectivity index (χ2v) is 8.26. The molecule has 1 aromatic heterocycles. The molecular weight excluding hydrogens is 410 g/mol. The maximum Gasteiger partial charge on any atom is 0.272 e. The van der Waals surface area contributed by atoms with E-state index < -0.39 is 5.91 Å². The first-order chi connectivity index (χ1) is 14.0. The molecule has 0 saturated heterocycles. The van der Waals surface area contributed by atoms with Crippen LogP contribution >= 0.6 is 22.9 Å². The van der Waals surface area contributed by atoms with Crippen LogP contribution in [-0.2, 0) is 22.4 Å². The second-order valence-electron chi connectivity index (χ2n) is 6.75. The highest BCUT2D eigenvalue weighted by atomic mass is 35.5. The van der Waals surface area contributed by atoms with Crippen molar-refractivity contribution in [2.45, 2.75) is 39.0 Å². The van der Waals surface area contributed by atoms with Gasteiger partial charge in [-0.25, -0.2) is 0 Å². The largest absolute Gasteiger partial charge is 0.313 e. The third kappa shape index (κ3) is 5.46. The van der Waals surface area contributed by atoms with Crippen molar-refractivity contribution < 1.29 is 14.4 Å². The molecule has 6 nitrogen and oxygen atoms in total. The predicted molar refractivity (Wildman–Crippen MR) is 116 cm³/mol. The predicted octanol–water partition coefficient (Wildman–Crippen LogP) is 4.10. The minimum absolute atomic E-state index is 0.352. The van der Waals surface area contributed by atoms with Crippen molar-refractivity contribution in [3.8, 4) is 0 Å². The number of aryl methyl sites for hydroxylation is 1. The first-order valence-corrected chi connectivity index (χ1v) is 10.6. The maximum absolute atomic E-state index is 12.7. The van der Waals surface area contributed by atoms with Gasteiger partial charge in [0.2, 0.25) is 11.8 Å². The van der Waals surface area contributed by atoms with E-state index in [9.17, 15) is 14.4 Å². The van der Waals surface area contributed by atoms with Gasteiger partial charge in [0.05, 0.1) is 5.56 Å². The van der Waals surface area contributed by atoms with Gasteiger partial charge in [0, 0.05) is 22.9 Å². The molecule has 0 aliphatic heterocycles. The fraction of sp³-hybridized carbons (Fsp3) is 0.286. The summed E-state index contributed by atoms with van der Waals surface area (Å²) in [4.78, 5) is 37.5. The summed E-state index contributed by atoms with van der Waals surface area (Å²) in [5, 5.41) is 3.87. The number of nitrogens with one attached hydrogen (secondary N) is 3. The number of carbonyl (C=O) groups is 3. The van der Waals surface area contributed by atoms with E-state index in [0.29, 0.717) is 15.6 Å². The number of carbonyl (C=O) groups excluding carboxylic acids is 3. The number of hydrazine groups is 1. The first kappa shape index (κ1) is 21.1. The van der Waals surface area contributed by atoms with Crippen molar-refractivity contribution in [3.63, 3.8) is 0 Å². The fourth-order valence-corrected chi connectivity index (χ4v) is 4.70. The number of benzene rings is 1. The van der Waals surface area contributed by atoms with Crippen molar-refractivity contribution in [1.29, 1.82) is 0 Å². The molecule has 1 aromatic carbocycles. The highest BCUT2D eigenvalue weighted by molar-refractivity contribution is 7.17. The zero-order chi connectivity index (χ0) is 20.8. The maximum atomic E-state index is 12.7. The van der Waals surface area contributed by atoms with Gasteiger partial charge < -0.3 is 5.32 Å². The third-order valence-electron chi connectivity index (χ3n) is 4.56. The zero-order valence-electron chi connectivity index (χ0n) is 16.0. The summed E-state index contributed by atoms with van der Waals surface area (Å²) in [5.74, 6) is -1.15. The van der Waals surface area contributed by atoms with Crippen LogP contribution in [0.15, 0.2) is 30.3 Å². The minimum Gasteiger partial charge on any atom is -0.313 e. The highest BCUT2D eigenvalue weighted by Gasteiger charge is 2.25. The van der Waals surface area contributed by atoms with Gasteiger partial charge >= 0.3 is 0 Å². The van der Waals surface area contributed by atoms with Crippen LogP contribution in [0.25, 0.3) is 6.08 Å². The number of halogens is 1. The van der Waals surface area contributed by atoms with Gasteiger partial charge in [0.1, 0.15) is 5.00 Å². The lowest BCUT2D eigenvalue weighted by molar-refractivity contribution is -0.119. The van der Waals surface area contributed by atoms with Crippen molar-refractivity contribution in [2.24, 2.45) is 0 Å². The molecular formula is C21H22ClN3O3S. The number of hydrogen-bond acceptors (Lipinski definition) is 4. The van der Waals surface area contributed by atoms with E-state index in [4.69, 9.17) is 11.6 Å². The van der Waals surface area contributed by atoms with E-state index >= 15 is 0 Å². The van der Waals surface area contributed by atoms with Gasteiger partial charge in [-0.2, -0.15) is 0 Å². The Balaban J connectivity index is 1.84. The monoisotopic (exact) mass is 431 g/mol. The highest BCUT2D eigenvalue weighted by Crippen LogP contribution is 2.37. The molecule has 2 aromatic rings. The molecule has 8 heteroatoms. The molecule has 1 aliphatic carbocycles. The summed E-state index contributed by atoms with van der Waals surface area (Å²) in [5.41, 5.74) is 6.85. The Labute approximate surface area is 178 Å². The van der Waals surface area contributed by atoms with Crippen LogP contribution in [0, 0.1) is 0 Å². The Bertz CT molecular complexity index is 968. The number of amides is 3. The summed E-state index contributed by atoms with van der Waals surface area (Å²) in [6.07, 6.45) is 7.83. The molecule has 3 N–H and O–H groups in total. The van der Waals surface area contributed by atoms with Crippen molar-refractivity contribution in [2.75, 3.05) is 5.32 Å². The smallest absolute Gasteiger partial charge is 0.272 e. The molecule has 3 rings (SSSR count). The molecule has 0 unspecified atom stereocenters. The number of anilines is 1. The topological polar surface area (TPSA) is 87.3 Å². The normalized spacial score (nSPS) is 13.4. The number of fused-ring (bicyclic) bond motifs is 1. The lowest BCUT2D eigenvalue weighted by atomic mass is 10.1. The molecule has 29 heavy (non-hydrogen) atoms. The molecule has 0 radical (unpaired) electrons. The Hall–Kier alpha value is -2.64. The lowest BCUT2D eigenvalue weighted by Gasteiger charge is -2.09. The average Bonchev–Trinajstić information content (AvgIpc) is 2.86. The molecule has 0 fully saturated rings. The van der Waals surface area contributed by atoms with E-state index in [-0.39, 0.29) is 11.8 Å². The van der Waals surface area contributed by atoms with E-state index in [1.54, 1.807) is 12.1 Å². The minimum atomic E-state index is -0.426. The van der Waals surface area contributed by atoms with Crippen LogP contribution in [0.2, 0.25) is 5.02 Å². The van der Waals surface area contributed by atoms with Gasteiger partial charge in [-0.1, -0.05) is 36.2 Å². The van der Waals surface area contributed by atoms with Gasteiger partial charge in [0.15, 0.2) is 0 Å². The standard InChI is InChI=1S/C21H22ClN3O3S/c1-13(26)24-25-20(28)19-15-8-3-2-4-10-17(15)29-21(19)23-18(27)12-11-14-7-5-6-9-16(14)22/h5-7,9,11-12H,2-4,8,10H2,1H3,(H,23,27)(H,24,26)(H,25,28). The van der Waals surface area contributed by atoms with Crippen molar-refractivity contribution in [3.05, 3.63) is 56.9 Å². The average molecular weight is 432 g/mol. The fourth-order valence-electron chi connectivity index (χ4n) is 3.21. The van der Waals surface area contributed by atoms with E-state index in [1.165, 1.54) is 24.3 Å². The van der Waals surface area contributed by atoms with Crippen LogP contribution in [0.3, 0.4) is 0 Å². The van der Waals surface area contributed by atoms with Crippen molar-refractivity contribution >= 4 is 51.7 Å². The quantitative estimate of drug-likeness (QED) is 0.387. The summed E-state index contributed by atoms with van der Waals surface area (Å²) in [6.45, 7) is 1.32. The number of hydrogen-bond donors (Lipinski definition) is 3. The first-order valence-electron chi connectivity index (χ1n) is 9.40. The summed E-state index contributed by atoms with van der Waals surface area (Å²) in [6, 6.07) is 7.22. The summed E-state index contributed by atoms with van der Waals surface area (Å²) < 4.78 is 0. The van der Waals surface area contributed by atoms with E-state index in [2.05, 4.69) is 16.2 Å². The number of rotatable bonds is 4. The van der Waals surface area contributed by atoms with Gasteiger partial charge in [-0.15, -0.1) is 11.3 Å². The molecule has 1 heterocycles. The van der Waals surface area contributed by atoms with E-state index in [1.807, 2.05) is 18.2 Å². The Morgan fingerprint density at radius 2 is 1.83 bits per heavy atom. The van der Waals surface area contributed by atoms with Crippen LogP contribution in [0.4, 0.5) is 5.00 Å². The Morgan fingerprint density at radius 1 is 1.07 bits per heavy atom. The molecule has 0 bridgehead atoms. The van der Waals surface area contributed by atoms with Gasteiger partial charge in [-0.3, -0.25) is 25.2 Å². The van der Waals surface area contributed by atoms with Crippen LogP contribution in [0.1, 0.15) is 52.5 Å². The lowest BCUT2D eigenvalue weighted by Crippen LogP contribution is -2.40. The van der Waals surface area contributed by atoms with Gasteiger partial charge in [-0.05, 0) is 49.0 Å². The SMILES string of the molecule is CC(=O)NNC(=O)c1c(NC(=O)C=Cc2ccccc2Cl)sc2c1CCCCC2. The molecule has 3 amide bonds. The Morgan fingerprint density at radius 3 is 2.59 bits per heavy atom. The van der Waals surface area contributed by atoms with Crippen LogP contribution in [0.5, 0.6) is 0 Å². The molecule has 0 saturated carbocycles. The molecule has 0 atom stereocenters. The second kappa shape index (κ2) is 9.71. The van der Waals surface area contributed by atoms with E-state index in [0.717, 1.165) is 48.1 Å². The van der Waals surface area contributed by atoms with Crippen LogP contribution in [-0.4, -0.2) is 17.7 Å². The van der Waals surface area contributed by atoms with Crippen LogP contribution < -0.4 is 16.2 Å². The summed E-state index contributed by atoms with van der Waals surface area (Å²) in [7, 11) is 0. The van der Waals surface area contributed by atoms with Gasteiger partial charge in [0.25, 0.3) is 5.91 Å². The summed E-state index contributed by atoms with van der Waals surface area (Å²) >= 11 is 7.54. The molecule has 0 spiro atoms. The number of thiophene rings is 1. The Kier molecular flexibility index (Phi) is 7.06. The molecule has 152 valence electrons.